The van der Waals surface area contributed by atoms with Crippen molar-refractivity contribution in [2.75, 3.05) is 5.73 Å². The molecule has 1 unspecified atom stereocenters. The minimum atomic E-state index is -0.582. The van der Waals surface area contributed by atoms with E-state index in [9.17, 15) is 4.79 Å². The molecule has 0 bridgehead atoms. The minimum absolute atomic E-state index is 0.336. The van der Waals surface area contributed by atoms with Gasteiger partial charge >= 0.3 is 6.09 Å². The molecule has 0 radical (unpaired) electrons. The summed E-state index contributed by atoms with van der Waals surface area (Å²) in [7, 11) is 0. The number of amides is 1. The molecule has 8 heteroatoms. The van der Waals surface area contributed by atoms with Crippen molar-refractivity contribution in [1.29, 1.82) is 0 Å². The van der Waals surface area contributed by atoms with Gasteiger partial charge < -0.3 is 20.4 Å². The van der Waals surface area contributed by atoms with Crippen LogP contribution in [0.4, 0.5) is 10.6 Å². The molecule has 1 amide bonds. The summed E-state index contributed by atoms with van der Waals surface area (Å²) in [5.41, 5.74) is 8.09. The normalized spacial score (nSPS) is 12.8. The molecule has 1 aromatic carbocycles. The highest BCUT2D eigenvalue weighted by Gasteiger charge is 2.23. The van der Waals surface area contributed by atoms with Gasteiger partial charge in [0, 0.05) is 17.2 Å². The summed E-state index contributed by atoms with van der Waals surface area (Å²) < 4.78 is 8.34. The van der Waals surface area contributed by atoms with Gasteiger partial charge in [0.25, 0.3) is 0 Å². The van der Waals surface area contributed by atoms with Gasteiger partial charge in [-0.15, -0.1) is 0 Å². The first-order valence-corrected chi connectivity index (χ1v) is 9.75. The second kappa shape index (κ2) is 7.79. The van der Waals surface area contributed by atoms with E-state index >= 15 is 0 Å². The van der Waals surface area contributed by atoms with E-state index in [1.807, 2.05) is 62.7 Å². The summed E-state index contributed by atoms with van der Waals surface area (Å²) in [6.45, 7) is 7.93. The fraction of sp³-hybridized carbons (Fsp3) is 0.350. The lowest BCUT2D eigenvalue weighted by atomic mass is 10.1. The zero-order chi connectivity index (χ0) is 20.5. The van der Waals surface area contributed by atoms with Crippen LogP contribution < -0.4 is 11.1 Å². The Hall–Kier alpha value is -2.61. The molecule has 7 nitrogen and oxygen atoms in total. The standard InChI is InChI=1S/C20H24BrN5O2/c1-12-9-26(18-16(12)17(22)23-11-24-18)10-15(13-7-5-6-8-14(13)21)25-19(27)28-20(2,3)4/h5-9,11,15H,10H2,1-4H3,(H,25,27)(H2,22,23,24). The number of anilines is 1. The van der Waals surface area contributed by atoms with Crippen LogP contribution in [0.2, 0.25) is 0 Å². The Balaban J connectivity index is 1.97. The number of benzene rings is 1. The van der Waals surface area contributed by atoms with Gasteiger partial charge in [0.15, 0.2) is 0 Å². The highest BCUT2D eigenvalue weighted by Crippen LogP contribution is 2.28. The number of hydrogen-bond donors (Lipinski definition) is 2. The Labute approximate surface area is 172 Å². The van der Waals surface area contributed by atoms with Crippen LogP contribution in [0, 0.1) is 6.92 Å². The maximum Gasteiger partial charge on any atom is 0.408 e. The number of alkyl carbamates (subject to hydrolysis) is 1. The van der Waals surface area contributed by atoms with Gasteiger partial charge in [-0.2, -0.15) is 0 Å². The number of ether oxygens (including phenoxy) is 1. The van der Waals surface area contributed by atoms with Gasteiger partial charge in [-0.25, -0.2) is 14.8 Å². The van der Waals surface area contributed by atoms with E-state index in [1.165, 1.54) is 6.33 Å². The van der Waals surface area contributed by atoms with Gasteiger partial charge in [-0.1, -0.05) is 34.1 Å². The first-order chi connectivity index (χ1) is 13.2. The Bertz CT molecular complexity index is 1010. The second-order valence-electron chi connectivity index (χ2n) is 7.64. The molecule has 0 spiro atoms. The van der Waals surface area contributed by atoms with Crippen LogP contribution in [0.5, 0.6) is 0 Å². The zero-order valence-electron chi connectivity index (χ0n) is 16.4. The van der Waals surface area contributed by atoms with E-state index in [4.69, 9.17) is 10.5 Å². The Morgan fingerprint density at radius 1 is 1.32 bits per heavy atom. The number of carbonyl (C=O) groups is 1. The van der Waals surface area contributed by atoms with Crippen LogP contribution in [-0.4, -0.2) is 26.2 Å². The molecule has 0 aliphatic heterocycles. The predicted molar refractivity (Wildman–Crippen MR) is 113 cm³/mol. The second-order valence-corrected chi connectivity index (χ2v) is 8.50. The van der Waals surface area contributed by atoms with Crippen molar-refractivity contribution in [2.24, 2.45) is 0 Å². The average Bonchev–Trinajstić information content (AvgIpc) is 2.90. The summed E-state index contributed by atoms with van der Waals surface area (Å²) in [5.74, 6) is 0.443. The zero-order valence-corrected chi connectivity index (χ0v) is 17.9. The van der Waals surface area contributed by atoms with Crippen molar-refractivity contribution in [2.45, 2.75) is 45.9 Å². The van der Waals surface area contributed by atoms with Crippen LogP contribution in [-0.2, 0) is 11.3 Å². The monoisotopic (exact) mass is 445 g/mol. The highest BCUT2D eigenvalue weighted by atomic mass is 79.9. The Morgan fingerprint density at radius 2 is 2.04 bits per heavy atom. The fourth-order valence-corrected chi connectivity index (χ4v) is 3.67. The number of carbonyl (C=O) groups excluding carboxylic acids is 1. The van der Waals surface area contributed by atoms with E-state index in [2.05, 4.69) is 31.2 Å². The molecule has 148 valence electrons. The van der Waals surface area contributed by atoms with E-state index in [1.54, 1.807) is 0 Å². The average molecular weight is 446 g/mol. The first-order valence-electron chi connectivity index (χ1n) is 8.95. The number of hydrogen-bond acceptors (Lipinski definition) is 5. The number of rotatable bonds is 4. The topological polar surface area (TPSA) is 95.1 Å². The quantitative estimate of drug-likeness (QED) is 0.622. The Morgan fingerprint density at radius 3 is 2.71 bits per heavy atom. The summed E-state index contributed by atoms with van der Waals surface area (Å²) >= 11 is 3.58. The van der Waals surface area contributed by atoms with Crippen LogP contribution in [0.25, 0.3) is 11.0 Å². The molecule has 2 heterocycles. The molecule has 3 N–H and O–H groups in total. The van der Waals surface area contributed by atoms with Gasteiger partial charge in [-0.05, 0) is 44.9 Å². The molecular weight excluding hydrogens is 422 g/mol. The number of fused-ring (bicyclic) bond motifs is 1. The molecule has 0 saturated heterocycles. The lowest BCUT2D eigenvalue weighted by Crippen LogP contribution is -2.36. The highest BCUT2D eigenvalue weighted by molar-refractivity contribution is 9.10. The lowest BCUT2D eigenvalue weighted by Gasteiger charge is -2.25. The van der Waals surface area contributed by atoms with Crippen molar-refractivity contribution >= 4 is 38.9 Å². The lowest BCUT2D eigenvalue weighted by molar-refractivity contribution is 0.0498. The van der Waals surface area contributed by atoms with E-state index in [-0.39, 0.29) is 6.04 Å². The molecule has 0 aliphatic rings. The smallest absolute Gasteiger partial charge is 0.408 e. The Kier molecular flexibility index (Phi) is 5.60. The van der Waals surface area contributed by atoms with Crippen molar-refractivity contribution in [3.05, 3.63) is 52.4 Å². The van der Waals surface area contributed by atoms with E-state index in [0.29, 0.717) is 12.4 Å². The number of nitrogens with one attached hydrogen (secondary N) is 1. The first kappa shape index (κ1) is 20.1. The van der Waals surface area contributed by atoms with Crippen LogP contribution in [0.15, 0.2) is 41.3 Å². The third-order valence-corrected chi connectivity index (χ3v) is 4.95. The number of nitrogen functional groups attached to an aromatic ring is 1. The predicted octanol–water partition coefficient (Wildman–Crippen LogP) is 4.35. The van der Waals surface area contributed by atoms with Crippen LogP contribution in [0.1, 0.15) is 37.9 Å². The van der Waals surface area contributed by atoms with Crippen molar-refractivity contribution in [3.63, 3.8) is 0 Å². The van der Waals surface area contributed by atoms with Gasteiger partial charge in [0.1, 0.15) is 23.4 Å². The van der Waals surface area contributed by atoms with Gasteiger partial charge in [0.05, 0.1) is 11.4 Å². The summed E-state index contributed by atoms with van der Waals surface area (Å²) in [5, 5.41) is 3.81. The van der Waals surface area contributed by atoms with Gasteiger partial charge in [-0.3, -0.25) is 0 Å². The van der Waals surface area contributed by atoms with Crippen molar-refractivity contribution in [1.82, 2.24) is 19.9 Å². The number of nitrogens with two attached hydrogens (primary N) is 1. The van der Waals surface area contributed by atoms with Crippen LogP contribution >= 0.6 is 15.9 Å². The third-order valence-electron chi connectivity index (χ3n) is 4.22. The molecule has 0 saturated carbocycles. The molecule has 1 atom stereocenters. The molecule has 3 rings (SSSR count). The molecule has 28 heavy (non-hydrogen) atoms. The number of aromatic nitrogens is 3. The molecule has 0 aliphatic carbocycles. The molecule has 2 aromatic heterocycles. The van der Waals surface area contributed by atoms with Crippen molar-refractivity contribution < 1.29 is 9.53 Å². The SMILES string of the molecule is Cc1cn(CC(NC(=O)OC(C)(C)C)c2ccccc2Br)c2ncnc(N)c12. The number of nitrogens with zero attached hydrogens (tertiary/aromatic N) is 3. The summed E-state index contributed by atoms with van der Waals surface area (Å²) in [4.78, 5) is 20.9. The van der Waals surface area contributed by atoms with E-state index < -0.39 is 11.7 Å². The summed E-state index contributed by atoms with van der Waals surface area (Å²) in [6, 6.07) is 7.44. The van der Waals surface area contributed by atoms with Crippen molar-refractivity contribution in [3.8, 4) is 0 Å². The summed E-state index contributed by atoms with van der Waals surface area (Å²) in [6.07, 6.45) is 2.94. The molecule has 3 aromatic rings. The fourth-order valence-electron chi connectivity index (χ4n) is 3.11. The maximum absolute atomic E-state index is 12.5. The van der Waals surface area contributed by atoms with Crippen LogP contribution in [0.3, 0.4) is 0 Å². The van der Waals surface area contributed by atoms with E-state index in [0.717, 1.165) is 26.6 Å². The maximum atomic E-state index is 12.5. The number of aryl methyl sites for hydroxylation is 1. The number of halogens is 1. The van der Waals surface area contributed by atoms with Gasteiger partial charge in [0.2, 0.25) is 0 Å². The molecule has 0 fully saturated rings. The minimum Gasteiger partial charge on any atom is -0.444 e. The third kappa shape index (κ3) is 4.44. The molecular formula is C20H24BrN5O2. The largest absolute Gasteiger partial charge is 0.444 e.